The van der Waals surface area contributed by atoms with E-state index in [0.29, 0.717) is 5.92 Å². The Morgan fingerprint density at radius 2 is 1.89 bits per heavy atom. The molecule has 5 heteroatoms. The minimum atomic E-state index is 0.0177. The zero-order valence-electron chi connectivity index (χ0n) is 16.8. The molecule has 0 spiro atoms. The van der Waals surface area contributed by atoms with Crippen molar-refractivity contribution in [1.82, 2.24) is 14.5 Å². The van der Waals surface area contributed by atoms with Crippen molar-refractivity contribution in [1.29, 1.82) is 0 Å². The van der Waals surface area contributed by atoms with E-state index in [2.05, 4.69) is 43.5 Å². The van der Waals surface area contributed by atoms with Crippen LogP contribution in [0.3, 0.4) is 0 Å². The molecule has 1 aliphatic carbocycles. The van der Waals surface area contributed by atoms with Gasteiger partial charge in [0.15, 0.2) is 0 Å². The first kappa shape index (κ1) is 18.9. The molecule has 1 amide bonds. The molecule has 2 aliphatic rings. The number of amides is 1. The van der Waals surface area contributed by atoms with Gasteiger partial charge in [0.05, 0.1) is 11.0 Å². The molecule has 2 heterocycles. The van der Waals surface area contributed by atoms with E-state index in [-0.39, 0.29) is 5.41 Å². The second-order valence-corrected chi connectivity index (χ2v) is 10.4. The molecule has 0 bridgehead atoms. The lowest BCUT2D eigenvalue weighted by molar-refractivity contribution is -0.119. The number of fused-ring (bicyclic) bond motifs is 1. The Bertz CT molecular complexity index is 811. The normalized spacial score (nSPS) is 19.0. The maximum atomic E-state index is 11.0. The van der Waals surface area contributed by atoms with Gasteiger partial charge in [-0.1, -0.05) is 20.8 Å². The fraction of sp³-hybridized carbons (Fsp3) is 0.636. The number of imidazole rings is 1. The highest BCUT2D eigenvalue weighted by Gasteiger charge is 2.26. The average molecular weight is 386 g/mol. The minimum absolute atomic E-state index is 0.0177. The van der Waals surface area contributed by atoms with Crippen molar-refractivity contribution in [2.45, 2.75) is 63.3 Å². The first-order valence-corrected chi connectivity index (χ1v) is 11.3. The largest absolute Gasteiger partial charge is 0.345 e. The summed E-state index contributed by atoms with van der Waals surface area (Å²) in [6.07, 6.45) is 5.96. The second-order valence-electron chi connectivity index (χ2n) is 9.29. The fourth-order valence-electron chi connectivity index (χ4n) is 3.95. The van der Waals surface area contributed by atoms with Crippen LogP contribution in [0.15, 0.2) is 23.1 Å². The summed E-state index contributed by atoms with van der Waals surface area (Å²) in [7, 11) is 0. The molecular weight excluding hydrogens is 354 g/mol. The highest BCUT2D eigenvalue weighted by Crippen LogP contribution is 2.36. The second kappa shape index (κ2) is 7.50. The molecule has 0 N–H and O–H groups in total. The number of carbonyl (C=O) groups is 1. The Kier molecular flexibility index (Phi) is 5.23. The number of hydrogen-bond acceptors (Lipinski definition) is 3. The molecule has 0 radical (unpaired) electrons. The summed E-state index contributed by atoms with van der Waals surface area (Å²) in [6, 6.07) is 6.82. The summed E-state index contributed by atoms with van der Waals surface area (Å²) >= 11 is 1.98. The van der Waals surface area contributed by atoms with Crippen molar-refractivity contribution >= 4 is 29.2 Å². The Labute approximate surface area is 166 Å². The number of hydrogen-bond donors (Lipinski definition) is 0. The van der Waals surface area contributed by atoms with Crippen molar-refractivity contribution in [2.75, 3.05) is 18.8 Å². The van der Waals surface area contributed by atoms with E-state index in [0.717, 1.165) is 50.3 Å². The SMILES string of the molecule is CC(C)(C)c1nc2cc(SCC3CC3)ccc2n1CC1CCN(C=O)CC1. The Morgan fingerprint density at radius 3 is 2.52 bits per heavy atom. The van der Waals surface area contributed by atoms with Crippen LogP contribution >= 0.6 is 11.8 Å². The van der Waals surface area contributed by atoms with Gasteiger partial charge in [0.2, 0.25) is 6.41 Å². The van der Waals surface area contributed by atoms with Gasteiger partial charge in [-0.15, -0.1) is 11.8 Å². The zero-order chi connectivity index (χ0) is 19.0. The standard InChI is InChI=1S/C22H31N3OS/c1-22(2,3)21-23-19-12-18(27-14-17-4-5-17)6-7-20(19)25(21)13-16-8-10-24(15-26)11-9-16/h6-7,12,15-17H,4-5,8-11,13-14H2,1-3H3. The first-order chi connectivity index (χ1) is 12.9. The Balaban J connectivity index is 1.59. The van der Waals surface area contributed by atoms with Gasteiger partial charge in [-0.05, 0) is 55.7 Å². The third kappa shape index (κ3) is 4.34. The van der Waals surface area contributed by atoms with Crippen LogP contribution in [-0.4, -0.2) is 39.7 Å². The maximum Gasteiger partial charge on any atom is 0.209 e. The van der Waals surface area contributed by atoms with Crippen LogP contribution in [0.4, 0.5) is 0 Å². The van der Waals surface area contributed by atoms with Gasteiger partial charge in [-0.2, -0.15) is 0 Å². The average Bonchev–Trinajstić information content (AvgIpc) is 3.41. The van der Waals surface area contributed by atoms with Crippen LogP contribution < -0.4 is 0 Å². The molecule has 146 valence electrons. The van der Waals surface area contributed by atoms with Crippen molar-refractivity contribution in [3.63, 3.8) is 0 Å². The Morgan fingerprint density at radius 1 is 1.15 bits per heavy atom. The van der Waals surface area contributed by atoms with Crippen molar-refractivity contribution < 1.29 is 4.79 Å². The summed E-state index contributed by atoms with van der Waals surface area (Å²) in [5, 5.41) is 0. The van der Waals surface area contributed by atoms with Crippen LogP contribution in [0, 0.1) is 11.8 Å². The molecule has 1 saturated carbocycles. The number of thioether (sulfide) groups is 1. The van der Waals surface area contributed by atoms with Gasteiger partial charge in [0.1, 0.15) is 5.82 Å². The van der Waals surface area contributed by atoms with Crippen LogP contribution in [0.1, 0.15) is 52.3 Å². The lowest BCUT2D eigenvalue weighted by atomic mass is 9.93. The third-order valence-electron chi connectivity index (χ3n) is 5.81. The predicted molar refractivity (Wildman–Crippen MR) is 112 cm³/mol. The van der Waals surface area contributed by atoms with E-state index >= 15 is 0 Å². The number of aromatic nitrogens is 2. The van der Waals surface area contributed by atoms with Gasteiger partial charge in [0.25, 0.3) is 0 Å². The minimum Gasteiger partial charge on any atom is -0.345 e. The number of rotatable bonds is 6. The molecule has 27 heavy (non-hydrogen) atoms. The lowest BCUT2D eigenvalue weighted by Crippen LogP contribution is -2.34. The van der Waals surface area contributed by atoms with E-state index < -0.39 is 0 Å². The van der Waals surface area contributed by atoms with Crippen molar-refractivity contribution in [3.05, 3.63) is 24.0 Å². The molecule has 4 rings (SSSR count). The number of carbonyl (C=O) groups excluding carboxylic acids is 1. The summed E-state index contributed by atoms with van der Waals surface area (Å²) in [4.78, 5) is 19.3. The molecule has 4 nitrogen and oxygen atoms in total. The van der Waals surface area contributed by atoms with E-state index in [4.69, 9.17) is 4.98 Å². The quantitative estimate of drug-likeness (QED) is 0.534. The van der Waals surface area contributed by atoms with Gasteiger partial charge in [-0.3, -0.25) is 4.79 Å². The van der Waals surface area contributed by atoms with Crippen LogP contribution in [0.2, 0.25) is 0 Å². The van der Waals surface area contributed by atoms with Crippen LogP contribution in [0.5, 0.6) is 0 Å². The Hall–Kier alpha value is -1.49. The maximum absolute atomic E-state index is 11.0. The van der Waals surface area contributed by atoms with Crippen LogP contribution in [-0.2, 0) is 16.8 Å². The molecule has 1 aromatic heterocycles. The van der Waals surface area contributed by atoms with Gasteiger partial charge in [-0.25, -0.2) is 4.98 Å². The lowest BCUT2D eigenvalue weighted by Gasteiger charge is -2.31. The zero-order valence-corrected chi connectivity index (χ0v) is 17.6. The highest BCUT2D eigenvalue weighted by atomic mass is 32.2. The van der Waals surface area contributed by atoms with Crippen molar-refractivity contribution in [3.8, 4) is 0 Å². The monoisotopic (exact) mass is 385 g/mol. The molecule has 0 atom stereocenters. The third-order valence-corrected chi connectivity index (χ3v) is 7.04. The van der Waals surface area contributed by atoms with E-state index in [1.54, 1.807) is 0 Å². The first-order valence-electron chi connectivity index (χ1n) is 10.3. The highest BCUT2D eigenvalue weighted by molar-refractivity contribution is 7.99. The number of likely N-dealkylation sites (tertiary alicyclic amines) is 1. The van der Waals surface area contributed by atoms with E-state index in [1.165, 1.54) is 34.8 Å². The fourth-order valence-corrected chi connectivity index (χ4v) is 5.08. The number of piperidine rings is 1. The topological polar surface area (TPSA) is 38.1 Å². The molecule has 1 aromatic carbocycles. The summed E-state index contributed by atoms with van der Waals surface area (Å²) < 4.78 is 2.45. The predicted octanol–water partition coefficient (Wildman–Crippen LogP) is 4.70. The van der Waals surface area contributed by atoms with Gasteiger partial charge in [0, 0.05) is 35.7 Å². The summed E-state index contributed by atoms with van der Waals surface area (Å²) in [5.41, 5.74) is 2.41. The molecule has 1 aliphatic heterocycles. The smallest absolute Gasteiger partial charge is 0.209 e. The van der Waals surface area contributed by atoms with Gasteiger partial charge < -0.3 is 9.47 Å². The molecule has 2 fully saturated rings. The number of nitrogens with zero attached hydrogens (tertiary/aromatic N) is 3. The summed E-state index contributed by atoms with van der Waals surface area (Å²) in [5.74, 6) is 3.97. The van der Waals surface area contributed by atoms with Crippen molar-refractivity contribution in [2.24, 2.45) is 11.8 Å². The van der Waals surface area contributed by atoms with Gasteiger partial charge >= 0.3 is 0 Å². The van der Waals surface area contributed by atoms with E-state index in [9.17, 15) is 4.79 Å². The molecular formula is C22H31N3OS. The molecule has 0 unspecified atom stereocenters. The summed E-state index contributed by atoms with van der Waals surface area (Å²) in [6.45, 7) is 9.53. The molecule has 1 saturated heterocycles. The van der Waals surface area contributed by atoms with Crippen LogP contribution in [0.25, 0.3) is 11.0 Å². The molecule has 2 aromatic rings. The van der Waals surface area contributed by atoms with E-state index in [1.807, 2.05) is 16.7 Å². The number of benzene rings is 1.